The first-order valence-corrected chi connectivity index (χ1v) is 11.7. The summed E-state index contributed by atoms with van der Waals surface area (Å²) in [5.74, 6) is 1.22. The third kappa shape index (κ3) is 4.87. The number of rotatable bonds is 6. The van der Waals surface area contributed by atoms with Gasteiger partial charge < -0.3 is 13.9 Å². The molecule has 0 spiro atoms. The fraction of sp³-hybridized carbons (Fsp3) is 0.222. The van der Waals surface area contributed by atoms with E-state index in [1.165, 1.54) is 0 Å². The molecule has 0 aliphatic heterocycles. The predicted molar refractivity (Wildman–Crippen MR) is 131 cm³/mol. The van der Waals surface area contributed by atoms with E-state index in [0.29, 0.717) is 40.3 Å². The number of halogens is 2. The zero-order valence-electron chi connectivity index (χ0n) is 17.9. The van der Waals surface area contributed by atoms with Crippen LogP contribution in [0.3, 0.4) is 0 Å². The number of hydrogen-bond donors (Lipinski definition) is 0. The summed E-state index contributed by atoms with van der Waals surface area (Å²) in [5, 5.41) is 2.21. The fourth-order valence-electron chi connectivity index (χ4n) is 4.20. The first-order chi connectivity index (χ1) is 16.1. The minimum atomic E-state index is -0.268. The van der Waals surface area contributed by atoms with Gasteiger partial charge in [0.05, 0.1) is 5.39 Å². The standard InChI is InChI=1S/C27H22Cl2O4/c28-19-9-5-17(6-10-19)15-31-21-13-24(32-16-18-7-11-20(29)12-8-18)26-22-3-1-2-4-23(22)27(30)33-25(26)14-21/h5-14H,1-4,15-16H2. The Morgan fingerprint density at radius 1 is 0.758 bits per heavy atom. The Bertz CT molecular complexity index is 1340. The summed E-state index contributed by atoms with van der Waals surface area (Å²) < 4.78 is 18.0. The van der Waals surface area contributed by atoms with Crippen molar-refractivity contribution < 1.29 is 13.9 Å². The molecule has 0 fully saturated rings. The minimum Gasteiger partial charge on any atom is -0.489 e. The molecule has 4 nitrogen and oxygen atoms in total. The Morgan fingerprint density at radius 2 is 1.33 bits per heavy atom. The SMILES string of the molecule is O=c1oc2cc(OCc3ccc(Cl)cc3)cc(OCc3ccc(Cl)cc3)c2c2c1CCCC2. The highest BCUT2D eigenvalue weighted by Gasteiger charge is 2.22. The Balaban J connectivity index is 1.52. The molecular weight excluding hydrogens is 459 g/mol. The summed E-state index contributed by atoms with van der Waals surface area (Å²) in [6, 6.07) is 18.7. The van der Waals surface area contributed by atoms with Crippen LogP contribution in [0.1, 0.15) is 35.1 Å². The first kappa shape index (κ1) is 21.9. The van der Waals surface area contributed by atoms with Crippen LogP contribution in [0.25, 0.3) is 11.0 Å². The van der Waals surface area contributed by atoms with Gasteiger partial charge in [0, 0.05) is 27.7 Å². The van der Waals surface area contributed by atoms with E-state index in [0.717, 1.165) is 53.3 Å². The Labute approximate surface area is 201 Å². The van der Waals surface area contributed by atoms with E-state index in [2.05, 4.69) is 0 Å². The number of hydrogen-bond acceptors (Lipinski definition) is 4. The maximum Gasteiger partial charge on any atom is 0.339 e. The predicted octanol–water partition coefficient (Wildman–Crippen LogP) is 7.14. The van der Waals surface area contributed by atoms with E-state index in [4.69, 9.17) is 37.1 Å². The van der Waals surface area contributed by atoms with Gasteiger partial charge >= 0.3 is 5.63 Å². The lowest BCUT2D eigenvalue weighted by atomic mass is 9.90. The van der Waals surface area contributed by atoms with Crippen LogP contribution in [-0.4, -0.2) is 0 Å². The summed E-state index contributed by atoms with van der Waals surface area (Å²) in [4.78, 5) is 12.6. The number of fused-ring (bicyclic) bond motifs is 3. The van der Waals surface area contributed by atoms with Crippen molar-refractivity contribution in [3.63, 3.8) is 0 Å². The van der Waals surface area contributed by atoms with Gasteiger partial charge in [-0.15, -0.1) is 0 Å². The maximum absolute atomic E-state index is 12.6. The third-order valence-electron chi connectivity index (χ3n) is 5.88. The molecule has 168 valence electrons. The maximum atomic E-state index is 12.6. The minimum absolute atomic E-state index is 0.268. The van der Waals surface area contributed by atoms with Crippen molar-refractivity contribution in [2.75, 3.05) is 0 Å². The van der Waals surface area contributed by atoms with E-state index in [1.807, 2.05) is 54.6 Å². The molecule has 0 saturated carbocycles. The lowest BCUT2D eigenvalue weighted by molar-refractivity contribution is 0.291. The van der Waals surface area contributed by atoms with Crippen LogP contribution in [0, 0.1) is 0 Å². The molecule has 1 aromatic heterocycles. The topological polar surface area (TPSA) is 48.7 Å². The molecule has 0 atom stereocenters. The monoisotopic (exact) mass is 480 g/mol. The van der Waals surface area contributed by atoms with E-state index in [-0.39, 0.29) is 5.63 Å². The number of benzene rings is 3. The highest BCUT2D eigenvalue weighted by molar-refractivity contribution is 6.30. The molecule has 1 aliphatic rings. The molecule has 33 heavy (non-hydrogen) atoms. The Morgan fingerprint density at radius 3 is 1.97 bits per heavy atom. The van der Waals surface area contributed by atoms with Gasteiger partial charge in [0.1, 0.15) is 30.3 Å². The molecule has 0 saturated heterocycles. The molecule has 0 unspecified atom stereocenters. The molecular formula is C27H22Cl2O4. The second kappa shape index (κ2) is 9.50. The van der Waals surface area contributed by atoms with Crippen LogP contribution in [0.2, 0.25) is 10.0 Å². The highest BCUT2D eigenvalue weighted by atomic mass is 35.5. The zero-order chi connectivity index (χ0) is 22.8. The molecule has 6 heteroatoms. The normalized spacial score (nSPS) is 13.0. The third-order valence-corrected chi connectivity index (χ3v) is 6.39. The lowest BCUT2D eigenvalue weighted by Crippen LogP contribution is -2.16. The zero-order valence-corrected chi connectivity index (χ0v) is 19.4. The van der Waals surface area contributed by atoms with Gasteiger partial charge in [-0.05, 0) is 66.6 Å². The van der Waals surface area contributed by atoms with Crippen LogP contribution in [0.4, 0.5) is 0 Å². The number of aryl methyl sites for hydroxylation is 1. The quantitative estimate of drug-likeness (QED) is 0.275. The molecule has 5 rings (SSSR count). The van der Waals surface area contributed by atoms with Crippen molar-refractivity contribution in [3.05, 3.63) is 103 Å². The van der Waals surface area contributed by atoms with Gasteiger partial charge in [0.25, 0.3) is 0 Å². The average molecular weight is 481 g/mol. The number of ether oxygens (including phenoxy) is 2. The summed E-state index contributed by atoms with van der Waals surface area (Å²) in [5.41, 5.74) is 3.99. The van der Waals surface area contributed by atoms with Crippen LogP contribution < -0.4 is 15.1 Å². The van der Waals surface area contributed by atoms with E-state index in [9.17, 15) is 4.79 Å². The van der Waals surface area contributed by atoms with Crippen LogP contribution >= 0.6 is 23.2 Å². The van der Waals surface area contributed by atoms with E-state index in [1.54, 1.807) is 6.07 Å². The second-order valence-corrected chi connectivity index (χ2v) is 9.05. The average Bonchev–Trinajstić information content (AvgIpc) is 2.83. The van der Waals surface area contributed by atoms with Crippen LogP contribution in [0.5, 0.6) is 11.5 Å². The van der Waals surface area contributed by atoms with Gasteiger partial charge in [-0.2, -0.15) is 0 Å². The Hall–Kier alpha value is -2.95. The van der Waals surface area contributed by atoms with Crippen LogP contribution in [-0.2, 0) is 26.1 Å². The van der Waals surface area contributed by atoms with Crippen molar-refractivity contribution in [3.8, 4) is 11.5 Å². The van der Waals surface area contributed by atoms with Crippen molar-refractivity contribution in [2.24, 2.45) is 0 Å². The van der Waals surface area contributed by atoms with Crippen LogP contribution in [0.15, 0.2) is 69.9 Å². The van der Waals surface area contributed by atoms with Crippen molar-refractivity contribution in [1.29, 1.82) is 0 Å². The van der Waals surface area contributed by atoms with Crippen molar-refractivity contribution >= 4 is 34.2 Å². The molecule has 1 aliphatic carbocycles. The van der Waals surface area contributed by atoms with Crippen molar-refractivity contribution in [2.45, 2.75) is 38.9 Å². The first-order valence-electron chi connectivity index (χ1n) is 10.9. The van der Waals surface area contributed by atoms with Gasteiger partial charge in [-0.3, -0.25) is 0 Å². The largest absolute Gasteiger partial charge is 0.489 e. The van der Waals surface area contributed by atoms with Crippen molar-refractivity contribution in [1.82, 2.24) is 0 Å². The molecule has 0 radical (unpaired) electrons. The van der Waals surface area contributed by atoms with E-state index >= 15 is 0 Å². The summed E-state index contributed by atoms with van der Waals surface area (Å²) >= 11 is 12.0. The molecule has 0 N–H and O–H groups in total. The summed E-state index contributed by atoms with van der Waals surface area (Å²) in [6.45, 7) is 0.718. The molecule has 4 aromatic rings. The summed E-state index contributed by atoms with van der Waals surface area (Å²) in [7, 11) is 0. The van der Waals surface area contributed by atoms with Gasteiger partial charge in [0.15, 0.2) is 0 Å². The smallest absolute Gasteiger partial charge is 0.339 e. The van der Waals surface area contributed by atoms with Gasteiger partial charge in [-0.25, -0.2) is 4.79 Å². The molecule has 0 amide bonds. The Kier molecular flexibility index (Phi) is 6.30. The van der Waals surface area contributed by atoms with E-state index < -0.39 is 0 Å². The van der Waals surface area contributed by atoms with Gasteiger partial charge in [0.2, 0.25) is 0 Å². The molecule has 0 bridgehead atoms. The highest BCUT2D eigenvalue weighted by Crippen LogP contribution is 2.37. The lowest BCUT2D eigenvalue weighted by Gasteiger charge is -2.19. The summed E-state index contributed by atoms with van der Waals surface area (Å²) in [6.07, 6.45) is 3.60. The van der Waals surface area contributed by atoms with Gasteiger partial charge in [-0.1, -0.05) is 47.5 Å². The fourth-order valence-corrected chi connectivity index (χ4v) is 4.45. The second-order valence-electron chi connectivity index (χ2n) is 8.18. The molecule has 3 aromatic carbocycles. The molecule has 1 heterocycles.